The molecule has 1 aromatic rings. The SMILES string of the molecule is OC1OC1COc1ccccc1. The number of hydrogen-bond acceptors (Lipinski definition) is 3. The molecule has 1 N–H and O–H groups in total. The molecule has 1 aromatic carbocycles. The Balaban J connectivity index is 1.80. The fraction of sp³-hybridized carbons (Fsp3) is 0.333. The van der Waals surface area contributed by atoms with Crippen LogP contribution in [-0.2, 0) is 4.74 Å². The van der Waals surface area contributed by atoms with Gasteiger partial charge in [-0.3, -0.25) is 0 Å². The number of aliphatic hydroxyl groups excluding tert-OH is 1. The fourth-order valence-electron chi connectivity index (χ4n) is 0.950. The van der Waals surface area contributed by atoms with Crippen molar-refractivity contribution in [1.29, 1.82) is 0 Å². The number of ether oxygens (including phenoxy) is 2. The van der Waals surface area contributed by atoms with Crippen LogP contribution in [0.15, 0.2) is 30.3 Å². The third kappa shape index (κ3) is 1.75. The summed E-state index contributed by atoms with van der Waals surface area (Å²) in [5, 5.41) is 8.80. The molecule has 0 spiro atoms. The maximum Gasteiger partial charge on any atom is 0.185 e. The summed E-state index contributed by atoms with van der Waals surface area (Å²) in [4.78, 5) is 0. The normalized spacial score (nSPS) is 26.8. The molecule has 64 valence electrons. The lowest BCUT2D eigenvalue weighted by molar-refractivity contribution is 0.155. The molecule has 3 nitrogen and oxygen atoms in total. The Morgan fingerprint density at radius 1 is 1.33 bits per heavy atom. The summed E-state index contributed by atoms with van der Waals surface area (Å²) in [7, 11) is 0. The largest absolute Gasteiger partial charge is 0.491 e. The molecule has 12 heavy (non-hydrogen) atoms. The van der Waals surface area contributed by atoms with Crippen LogP contribution in [-0.4, -0.2) is 24.1 Å². The highest BCUT2D eigenvalue weighted by Crippen LogP contribution is 2.20. The lowest BCUT2D eigenvalue weighted by atomic mass is 10.3. The van der Waals surface area contributed by atoms with E-state index in [4.69, 9.17) is 14.6 Å². The van der Waals surface area contributed by atoms with Crippen LogP contribution in [0.4, 0.5) is 0 Å². The van der Waals surface area contributed by atoms with Crippen LogP contribution in [0.1, 0.15) is 0 Å². The highest BCUT2D eigenvalue weighted by molar-refractivity contribution is 5.20. The van der Waals surface area contributed by atoms with E-state index >= 15 is 0 Å². The van der Waals surface area contributed by atoms with Gasteiger partial charge in [0.1, 0.15) is 18.5 Å². The third-order valence-electron chi connectivity index (χ3n) is 1.71. The lowest BCUT2D eigenvalue weighted by Crippen LogP contribution is -2.06. The van der Waals surface area contributed by atoms with Crippen molar-refractivity contribution < 1.29 is 14.6 Å². The van der Waals surface area contributed by atoms with Crippen LogP contribution in [0, 0.1) is 0 Å². The summed E-state index contributed by atoms with van der Waals surface area (Å²) in [6, 6.07) is 9.47. The van der Waals surface area contributed by atoms with E-state index in [1.807, 2.05) is 30.3 Å². The third-order valence-corrected chi connectivity index (χ3v) is 1.71. The number of rotatable bonds is 3. The molecule has 3 heteroatoms. The van der Waals surface area contributed by atoms with Gasteiger partial charge in [-0.05, 0) is 12.1 Å². The standard InChI is InChI=1S/C9H10O3/c10-9-8(12-9)6-11-7-4-2-1-3-5-7/h1-5,8-10H,6H2. The molecule has 0 amide bonds. The van der Waals surface area contributed by atoms with Crippen molar-refractivity contribution in [3.63, 3.8) is 0 Å². The summed E-state index contributed by atoms with van der Waals surface area (Å²) in [5.74, 6) is 0.806. The summed E-state index contributed by atoms with van der Waals surface area (Å²) in [5.41, 5.74) is 0. The van der Waals surface area contributed by atoms with E-state index in [0.29, 0.717) is 6.61 Å². The summed E-state index contributed by atoms with van der Waals surface area (Å²) >= 11 is 0. The van der Waals surface area contributed by atoms with E-state index in [-0.39, 0.29) is 6.10 Å². The molecule has 0 bridgehead atoms. The first-order valence-corrected chi connectivity index (χ1v) is 3.87. The van der Waals surface area contributed by atoms with E-state index in [2.05, 4.69) is 0 Å². The zero-order valence-corrected chi connectivity index (χ0v) is 6.51. The number of para-hydroxylation sites is 1. The number of epoxide rings is 1. The molecule has 2 rings (SSSR count). The van der Waals surface area contributed by atoms with Crippen molar-refractivity contribution in [1.82, 2.24) is 0 Å². The number of hydrogen-bond donors (Lipinski definition) is 1. The maximum absolute atomic E-state index is 8.80. The summed E-state index contributed by atoms with van der Waals surface area (Å²) in [6.45, 7) is 0.422. The zero-order valence-electron chi connectivity index (χ0n) is 6.51. The minimum Gasteiger partial charge on any atom is -0.491 e. The molecule has 2 atom stereocenters. The topological polar surface area (TPSA) is 42.0 Å². The molecular formula is C9H10O3. The van der Waals surface area contributed by atoms with Gasteiger partial charge in [0, 0.05) is 0 Å². The van der Waals surface area contributed by atoms with E-state index in [1.165, 1.54) is 0 Å². The molecule has 2 unspecified atom stereocenters. The summed E-state index contributed by atoms with van der Waals surface area (Å²) < 4.78 is 10.1. The monoisotopic (exact) mass is 166 g/mol. The van der Waals surface area contributed by atoms with Gasteiger partial charge >= 0.3 is 0 Å². The maximum atomic E-state index is 8.80. The Hall–Kier alpha value is -1.06. The quantitative estimate of drug-likeness (QED) is 0.675. The Kier molecular flexibility index (Phi) is 1.98. The second-order valence-electron chi connectivity index (χ2n) is 2.69. The average molecular weight is 166 g/mol. The van der Waals surface area contributed by atoms with Gasteiger partial charge in [-0.1, -0.05) is 18.2 Å². The molecule has 0 aromatic heterocycles. The first-order chi connectivity index (χ1) is 5.86. The molecule has 0 aliphatic carbocycles. The van der Waals surface area contributed by atoms with Crippen molar-refractivity contribution in [2.24, 2.45) is 0 Å². The van der Waals surface area contributed by atoms with Crippen LogP contribution in [0.3, 0.4) is 0 Å². The Morgan fingerprint density at radius 3 is 2.58 bits per heavy atom. The van der Waals surface area contributed by atoms with Crippen LogP contribution in [0.2, 0.25) is 0 Å². The van der Waals surface area contributed by atoms with Gasteiger partial charge in [-0.25, -0.2) is 0 Å². The first kappa shape index (κ1) is 7.58. The smallest absolute Gasteiger partial charge is 0.185 e. The van der Waals surface area contributed by atoms with Gasteiger partial charge in [0.25, 0.3) is 0 Å². The van der Waals surface area contributed by atoms with Gasteiger partial charge in [0.05, 0.1) is 0 Å². The van der Waals surface area contributed by atoms with E-state index in [9.17, 15) is 0 Å². The van der Waals surface area contributed by atoms with Gasteiger partial charge in [-0.15, -0.1) is 0 Å². The average Bonchev–Trinajstić information content (AvgIpc) is 2.81. The van der Waals surface area contributed by atoms with E-state index in [0.717, 1.165) is 5.75 Å². The van der Waals surface area contributed by atoms with Crippen molar-refractivity contribution in [2.75, 3.05) is 6.61 Å². The predicted molar refractivity (Wildman–Crippen MR) is 42.8 cm³/mol. The second-order valence-corrected chi connectivity index (χ2v) is 2.69. The van der Waals surface area contributed by atoms with E-state index < -0.39 is 6.29 Å². The van der Waals surface area contributed by atoms with Crippen molar-refractivity contribution >= 4 is 0 Å². The van der Waals surface area contributed by atoms with Gasteiger partial charge in [0.2, 0.25) is 0 Å². The van der Waals surface area contributed by atoms with Gasteiger partial charge < -0.3 is 14.6 Å². The van der Waals surface area contributed by atoms with Gasteiger partial charge in [-0.2, -0.15) is 0 Å². The minimum atomic E-state index is -0.617. The zero-order chi connectivity index (χ0) is 8.39. The van der Waals surface area contributed by atoms with Crippen LogP contribution in [0.5, 0.6) is 5.75 Å². The molecule has 0 saturated carbocycles. The Morgan fingerprint density at radius 2 is 2.00 bits per heavy atom. The fourth-order valence-corrected chi connectivity index (χ4v) is 0.950. The van der Waals surface area contributed by atoms with Crippen LogP contribution < -0.4 is 4.74 Å². The molecule has 1 fully saturated rings. The van der Waals surface area contributed by atoms with Gasteiger partial charge in [0.15, 0.2) is 6.29 Å². The van der Waals surface area contributed by atoms with Crippen molar-refractivity contribution in [3.05, 3.63) is 30.3 Å². The summed E-state index contributed by atoms with van der Waals surface area (Å²) in [6.07, 6.45) is -0.751. The highest BCUT2D eigenvalue weighted by Gasteiger charge is 2.37. The minimum absolute atomic E-state index is 0.134. The van der Waals surface area contributed by atoms with Crippen LogP contribution >= 0.6 is 0 Å². The Bertz CT molecular complexity index is 247. The lowest BCUT2D eigenvalue weighted by Gasteiger charge is -2.01. The molecule has 0 radical (unpaired) electrons. The number of benzene rings is 1. The first-order valence-electron chi connectivity index (χ1n) is 3.87. The van der Waals surface area contributed by atoms with Crippen LogP contribution in [0.25, 0.3) is 0 Å². The molecule has 1 aliphatic heterocycles. The molecular weight excluding hydrogens is 156 g/mol. The molecule has 1 heterocycles. The van der Waals surface area contributed by atoms with Crippen molar-refractivity contribution in [2.45, 2.75) is 12.4 Å². The Labute approximate surface area is 70.5 Å². The molecule has 1 aliphatic rings. The molecule has 1 saturated heterocycles. The number of aliphatic hydroxyl groups is 1. The van der Waals surface area contributed by atoms with E-state index in [1.54, 1.807) is 0 Å². The highest BCUT2D eigenvalue weighted by atomic mass is 16.7. The van der Waals surface area contributed by atoms with Crippen molar-refractivity contribution in [3.8, 4) is 5.75 Å². The second kappa shape index (κ2) is 3.13. The predicted octanol–water partition coefficient (Wildman–Crippen LogP) is 0.783.